The molecule has 0 bridgehead atoms. The lowest BCUT2D eigenvalue weighted by molar-refractivity contribution is 0.122. The van der Waals surface area contributed by atoms with Crippen molar-refractivity contribution in [3.63, 3.8) is 0 Å². The van der Waals surface area contributed by atoms with E-state index in [2.05, 4.69) is 0 Å². The molecule has 0 amide bonds. The van der Waals surface area contributed by atoms with Gasteiger partial charge >= 0.3 is 0 Å². The monoisotopic (exact) mass is 235 g/mol. The summed E-state index contributed by atoms with van der Waals surface area (Å²) in [5.74, 6) is 1.63. The summed E-state index contributed by atoms with van der Waals surface area (Å²) in [5.41, 5.74) is 6.48. The first-order valence-electron chi connectivity index (χ1n) is 6.16. The van der Waals surface area contributed by atoms with E-state index in [0.29, 0.717) is 12.6 Å². The third-order valence-corrected chi connectivity index (χ3v) is 2.48. The van der Waals surface area contributed by atoms with Crippen molar-refractivity contribution in [2.24, 2.45) is 5.73 Å². The van der Waals surface area contributed by atoms with Gasteiger partial charge in [0.15, 0.2) is 11.5 Å². The SMILES string of the molecule is CC(C)(C)Oc1cc(CN)ccc1OC1CC1. The van der Waals surface area contributed by atoms with Crippen LogP contribution in [0.15, 0.2) is 18.2 Å². The number of ether oxygens (including phenoxy) is 2. The Balaban J connectivity index is 2.22. The second kappa shape index (κ2) is 4.57. The normalized spacial score (nSPS) is 15.8. The van der Waals surface area contributed by atoms with Gasteiger partial charge in [0.1, 0.15) is 5.60 Å². The third-order valence-electron chi connectivity index (χ3n) is 2.48. The Morgan fingerprint density at radius 1 is 1.24 bits per heavy atom. The van der Waals surface area contributed by atoms with Gasteiger partial charge in [0.05, 0.1) is 6.10 Å². The molecule has 1 fully saturated rings. The number of nitrogens with two attached hydrogens (primary N) is 1. The molecule has 2 rings (SSSR count). The fourth-order valence-electron chi connectivity index (χ4n) is 1.55. The minimum absolute atomic E-state index is 0.227. The lowest BCUT2D eigenvalue weighted by Gasteiger charge is -2.23. The van der Waals surface area contributed by atoms with Gasteiger partial charge in [-0.15, -0.1) is 0 Å². The Morgan fingerprint density at radius 3 is 2.47 bits per heavy atom. The zero-order valence-corrected chi connectivity index (χ0v) is 10.8. The Kier molecular flexibility index (Phi) is 3.29. The van der Waals surface area contributed by atoms with Crippen molar-refractivity contribution >= 4 is 0 Å². The van der Waals surface area contributed by atoms with Crippen LogP contribution in [0.1, 0.15) is 39.2 Å². The Morgan fingerprint density at radius 2 is 1.94 bits per heavy atom. The van der Waals surface area contributed by atoms with Crippen LogP contribution in [-0.4, -0.2) is 11.7 Å². The van der Waals surface area contributed by atoms with Gasteiger partial charge < -0.3 is 15.2 Å². The highest BCUT2D eigenvalue weighted by Crippen LogP contribution is 2.35. The Bertz CT molecular complexity index is 392. The molecule has 1 aromatic rings. The quantitative estimate of drug-likeness (QED) is 0.872. The molecule has 3 nitrogen and oxygen atoms in total. The van der Waals surface area contributed by atoms with Crippen molar-refractivity contribution in [1.82, 2.24) is 0 Å². The van der Waals surface area contributed by atoms with E-state index >= 15 is 0 Å². The zero-order valence-electron chi connectivity index (χ0n) is 10.8. The van der Waals surface area contributed by atoms with Gasteiger partial charge in [-0.1, -0.05) is 6.07 Å². The molecule has 0 aromatic heterocycles. The summed E-state index contributed by atoms with van der Waals surface area (Å²) in [7, 11) is 0. The largest absolute Gasteiger partial charge is 0.487 e. The minimum Gasteiger partial charge on any atom is -0.487 e. The van der Waals surface area contributed by atoms with E-state index in [4.69, 9.17) is 15.2 Å². The summed E-state index contributed by atoms with van der Waals surface area (Å²) >= 11 is 0. The highest BCUT2D eigenvalue weighted by molar-refractivity contribution is 5.43. The molecular weight excluding hydrogens is 214 g/mol. The molecular formula is C14H21NO2. The maximum atomic E-state index is 5.92. The molecule has 0 spiro atoms. The molecule has 0 unspecified atom stereocenters. The molecule has 1 aliphatic carbocycles. The molecule has 2 N–H and O–H groups in total. The summed E-state index contributed by atoms with van der Waals surface area (Å²) in [6.45, 7) is 6.61. The van der Waals surface area contributed by atoms with E-state index in [1.54, 1.807) is 0 Å². The fraction of sp³-hybridized carbons (Fsp3) is 0.571. The molecule has 1 saturated carbocycles. The van der Waals surface area contributed by atoms with Crippen molar-refractivity contribution in [1.29, 1.82) is 0 Å². The first kappa shape index (κ1) is 12.2. The van der Waals surface area contributed by atoms with Crippen LogP contribution in [-0.2, 0) is 6.54 Å². The van der Waals surface area contributed by atoms with Gasteiger partial charge in [0.25, 0.3) is 0 Å². The van der Waals surface area contributed by atoms with Crippen LogP contribution in [0, 0.1) is 0 Å². The van der Waals surface area contributed by atoms with Gasteiger partial charge in [0, 0.05) is 6.54 Å². The van der Waals surface area contributed by atoms with Crippen LogP contribution in [0.4, 0.5) is 0 Å². The van der Waals surface area contributed by atoms with Crippen molar-refractivity contribution < 1.29 is 9.47 Å². The van der Waals surface area contributed by atoms with E-state index in [1.165, 1.54) is 0 Å². The summed E-state index contributed by atoms with van der Waals surface area (Å²) in [6, 6.07) is 5.93. The molecule has 0 heterocycles. The molecule has 0 atom stereocenters. The van der Waals surface area contributed by atoms with Crippen LogP contribution in [0.2, 0.25) is 0 Å². The van der Waals surface area contributed by atoms with Gasteiger partial charge in [-0.05, 0) is 51.3 Å². The Labute approximate surface area is 103 Å². The highest BCUT2D eigenvalue weighted by atomic mass is 16.5. The second-order valence-corrected chi connectivity index (χ2v) is 5.52. The van der Waals surface area contributed by atoms with Crippen LogP contribution < -0.4 is 15.2 Å². The number of hydrogen-bond acceptors (Lipinski definition) is 3. The standard InChI is InChI=1S/C14H21NO2/c1-14(2,3)17-13-8-10(9-15)4-7-12(13)16-11-5-6-11/h4,7-8,11H,5-6,9,15H2,1-3H3. The van der Waals surface area contributed by atoms with E-state index in [-0.39, 0.29) is 5.60 Å². The first-order chi connectivity index (χ1) is 7.98. The zero-order chi connectivity index (χ0) is 12.5. The van der Waals surface area contributed by atoms with Crippen LogP contribution in [0.3, 0.4) is 0 Å². The van der Waals surface area contributed by atoms with E-state index < -0.39 is 0 Å². The lowest BCUT2D eigenvalue weighted by Crippen LogP contribution is -2.23. The van der Waals surface area contributed by atoms with Gasteiger partial charge in [-0.2, -0.15) is 0 Å². The fourth-order valence-corrected chi connectivity index (χ4v) is 1.55. The average molecular weight is 235 g/mol. The van der Waals surface area contributed by atoms with Gasteiger partial charge in [-0.25, -0.2) is 0 Å². The van der Waals surface area contributed by atoms with Crippen molar-refractivity contribution in [2.45, 2.75) is 51.9 Å². The lowest BCUT2D eigenvalue weighted by atomic mass is 10.1. The van der Waals surface area contributed by atoms with Gasteiger partial charge in [0.2, 0.25) is 0 Å². The van der Waals surface area contributed by atoms with Crippen molar-refractivity contribution in [3.8, 4) is 11.5 Å². The van der Waals surface area contributed by atoms with Gasteiger partial charge in [-0.3, -0.25) is 0 Å². The van der Waals surface area contributed by atoms with Crippen molar-refractivity contribution in [3.05, 3.63) is 23.8 Å². The molecule has 3 heteroatoms. The molecule has 0 aliphatic heterocycles. The highest BCUT2D eigenvalue weighted by Gasteiger charge is 2.26. The van der Waals surface area contributed by atoms with E-state index in [1.807, 2.05) is 39.0 Å². The van der Waals surface area contributed by atoms with Crippen LogP contribution in [0.5, 0.6) is 11.5 Å². The topological polar surface area (TPSA) is 44.5 Å². The predicted octanol–water partition coefficient (Wildman–Crippen LogP) is 2.86. The maximum Gasteiger partial charge on any atom is 0.162 e. The number of benzene rings is 1. The maximum absolute atomic E-state index is 5.92. The number of rotatable bonds is 4. The molecule has 1 aliphatic rings. The molecule has 0 saturated heterocycles. The van der Waals surface area contributed by atoms with E-state index in [0.717, 1.165) is 29.9 Å². The minimum atomic E-state index is -0.227. The summed E-state index contributed by atoms with van der Waals surface area (Å²) in [5, 5.41) is 0. The summed E-state index contributed by atoms with van der Waals surface area (Å²) in [6.07, 6.45) is 2.67. The van der Waals surface area contributed by atoms with Crippen LogP contribution >= 0.6 is 0 Å². The first-order valence-corrected chi connectivity index (χ1v) is 6.16. The summed E-state index contributed by atoms with van der Waals surface area (Å²) < 4.78 is 11.8. The summed E-state index contributed by atoms with van der Waals surface area (Å²) in [4.78, 5) is 0. The number of hydrogen-bond donors (Lipinski definition) is 1. The van der Waals surface area contributed by atoms with E-state index in [9.17, 15) is 0 Å². The third kappa shape index (κ3) is 3.63. The smallest absolute Gasteiger partial charge is 0.162 e. The average Bonchev–Trinajstić information content (AvgIpc) is 3.02. The predicted molar refractivity (Wildman–Crippen MR) is 68.4 cm³/mol. The Hall–Kier alpha value is -1.22. The molecule has 0 radical (unpaired) electrons. The van der Waals surface area contributed by atoms with Crippen molar-refractivity contribution in [2.75, 3.05) is 0 Å². The second-order valence-electron chi connectivity index (χ2n) is 5.52. The molecule has 17 heavy (non-hydrogen) atoms. The molecule has 94 valence electrons. The molecule has 1 aromatic carbocycles. The van der Waals surface area contributed by atoms with Crippen LogP contribution in [0.25, 0.3) is 0 Å².